The largest absolute Gasteiger partial charge is 0.493 e. The van der Waals surface area contributed by atoms with E-state index in [9.17, 15) is 4.79 Å². The average Bonchev–Trinajstić information content (AvgIpc) is 2.70. The van der Waals surface area contributed by atoms with Gasteiger partial charge >= 0.3 is 0 Å². The van der Waals surface area contributed by atoms with Crippen LogP contribution in [0.3, 0.4) is 0 Å². The Morgan fingerprint density at radius 2 is 2.25 bits per heavy atom. The van der Waals surface area contributed by atoms with Crippen molar-refractivity contribution in [2.45, 2.75) is 40.2 Å². The van der Waals surface area contributed by atoms with Crippen LogP contribution < -0.4 is 4.74 Å². The molecule has 1 unspecified atom stereocenters. The first kappa shape index (κ1) is 12.7. The molecule has 0 saturated heterocycles. The normalized spacial score (nSPS) is 12.5. The Morgan fingerprint density at radius 1 is 1.56 bits per heavy atom. The molecular weight excluding hydrogens is 204 g/mol. The predicted octanol–water partition coefficient (Wildman–Crippen LogP) is 2.53. The lowest BCUT2D eigenvalue weighted by Gasteiger charge is -2.11. The molecule has 16 heavy (non-hydrogen) atoms. The maximum Gasteiger partial charge on any atom is 0.187 e. The van der Waals surface area contributed by atoms with Crippen molar-refractivity contribution < 1.29 is 9.53 Å². The number of aromatic nitrogens is 2. The summed E-state index contributed by atoms with van der Waals surface area (Å²) in [7, 11) is 1.57. The van der Waals surface area contributed by atoms with Crippen LogP contribution in [-0.2, 0) is 6.54 Å². The van der Waals surface area contributed by atoms with Gasteiger partial charge in [0.05, 0.1) is 13.3 Å². The first-order chi connectivity index (χ1) is 7.65. The Bertz CT molecular complexity index is 358. The van der Waals surface area contributed by atoms with Crippen molar-refractivity contribution in [1.29, 1.82) is 0 Å². The van der Waals surface area contributed by atoms with Crippen molar-refractivity contribution in [2.24, 2.45) is 5.92 Å². The molecule has 0 N–H and O–H groups in total. The molecule has 0 radical (unpaired) electrons. The molecule has 4 nitrogen and oxygen atoms in total. The van der Waals surface area contributed by atoms with Gasteiger partial charge in [-0.1, -0.05) is 20.8 Å². The number of rotatable bonds is 6. The minimum atomic E-state index is 0.0150. The number of ether oxygens (including phenoxy) is 1. The summed E-state index contributed by atoms with van der Waals surface area (Å²) in [5.41, 5.74) is 0.610. The molecule has 1 aromatic heterocycles. The van der Waals surface area contributed by atoms with E-state index in [1.807, 2.05) is 13.8 Å². The fraction of sp³-hybridized carbons (Fsp3) is 0.667. The summed E-state index contributed by atoms with van der Waals surface area (Å²) < 4.78 is 6.93. The maximum atomic E-state index is 12.2. The highest BCUT2D eigenvalue weighted by atomic mass is 16.5. The second kappa shape index (κ2) is 5.68. The van der Waals surface area contributed by atoms with Crippen LogP contribution in [0.25, 0.3) is 0 Å². The maximum absolute atomic E-state index is 12.2. The fourth-order valence-electron chi connectivity index (χ4n) is 1.57. The Hall–Kier alpha value is -1.32. The van der Waals surface area contributed by atoms with Crippen molar-refractivity contribution in [3.8, 4) is 5.75 Å². The summed E-state index contributed by atoms with van der Waals surface area (Å²) in [5, 5.41) is 4.19. The van der Waals surface area contributed by atoms with Crippen LogP contribution in [0.5, 0.6) is 5.75 Å². The van der Waals surface area contributed by atoms with E-state index in [1.165, 1.54) is 0 Å². The molecule has 0 aliphatic rings. The van der Waals surface area contributed by atoms with E-state index in [0.717, 1.165) is 19.4 Å². The zero-order valence-corrected chi connectivity index (χ0v) is 10.5. The standard InChI is InChI=1S/C12H20N2O2/c1-5-7-14-11(10(16-4)8-13-14)12(15)9(3)6-2/h8-9H,5-7H2,1-4H3. The van der Waals surface area contributed by atoms with Crippen molar-refractivity contribution in [3.05, 3.63) is 11.9 Å². The highest BCUT2D eigenvalue weighted by Crippen LogP contribution is 2.22. The van der Waals surface area contributed by atoms with Crippen molar-refractivity contribution >= 4 is 5.78 Å². The Labute approximate surface area is 96.6 Å². The SMILES string of the molecule is CCCn1ncc(OC)c1C(=O)C(C)CC. The van der Waals surface area contributed by atoms with E-state index in [0.29, 0.717) is 11.4 Å². The zero-order chi connectivity index (χ0) is 12.1. The Kier molecular flexibility index (Phi) is 4.52. The molecule has 1 atom stereocenters. The van der Waals surface area contributed by atoms with E-state index < -0.39 is 0 Å². The van der Waals surface area contributed by atoms with Crippen LogP contribution in [-0.4, -0.2) is 22.7 Å². The molecule has 4 heteroatoms. The van der Waals surface area contributed by atoms with Gasteiger partial charge in [-0.15, -0.1) is 0 Å². The van der Waals surface area contributed by atoms with Crippen LogP contribution in [0.15, 0.2) is 6.20 Å². The number of nitrogens with zero attached hydrogens (tertiary/aromatic N) is 2. The van der Waals surface area contributed by atoms with Crippen LogP contribution in [0, 0.1) is 5.92 Å². The number of carbonyl (C=O) groups is 1. The third kappa shape index (κ3) is 2.43. The predicted molar refractivity (Wildman–Crippen MR) is 62.9 cm³/mol. The van der Waals surface area contributed by atoms with E-state index in [1.54, 1.807) is 18.0 Å². The molecule has 0 spiro atoms. The number of ketones is 1. The van der Waals surface area contributed by atoms with Crippen molar-refractivity contribution in [1.82, 2.24) is 9.78 Å². The van der Waals surface area contributed by atoms with Gasteiger partial charge in [-0.05, 0) is 12.8 Å². The molecule has 0 fully saturated rings. The van der Waals surface area contributed by atoms with Gasteiger partial charge in [0.15, 0.2) is 11.5 Å². The van der Waals surface area contributed by atoms with Gasteiger partial charge < -0.3 is 4.74 Å². The fourth-order valence-corrected chi connectivity index (χ4v) is 1.57. The Morgan fingerprint density at radius 3 is 2.75 bits per heavy atom. The molecule has 0 aliphatic carbocycles. The number of aryl methyl sites for hydroxylation is 1. The smallest absolute Gasteiger partial charge is 0.187 e. The van der Waals surface area contributed by atoms with Crippen LogP contribution in [0.4, 0.5) is 0 Å². The minimum Gasteiger partial charge on any atom is -0.493 e. The summed E-state index contributed by atoms with van der Waals surface area (Å²) in [6.07, 6.45) is 3.40. The number of Topliss-reactive ketones (excluding diaryl/α,β-unsaturated/α-hetero) is 1. The summed E-state index contributed by atoms with van der Waals surface area (Å²) >= 11 is 0. The highest BCUT2D eigenvalue weighted by molar-refractivity contribution is 5.98. The summed E-state index contributed by atoms with van der Waals surface area (Å²) in [6.45, 7) is 6.76. The molecule has 90 valence electrons. The molecule has 1 aromatic rings. The van der Waals surface area contributed by atoms with E-state index in [2.05, 4.69) is 12.0 Å². The first-order valence-corrected chi connectivity index (χ1v) is 5.79. The van der Waals surface area contributed by atoms with Crippen LogP contribution >= 0.6 is 0 Å². The quantitative estimate of drug-likeness (QED) is 0.697. The number of hydrogen-bond acceptors (Lipinski definition) is 3. The molecule has 0 amide bonds. The number of carbonyl (C=O) groups excluding carboxylic acids is 1. The van der Waals surface area contributed by atoms with E-state index in [4.69, 9.17) is 4.74 Å². The van der Waals surface area contributed by atoms with Gasteiger partial charge in [0.2, 0.25) is 0 Å². The lowest BCUT2D eigenvalue weighted by atomic mass is 10.0. The molecule has 0 aliphatic heterocycles. The van der Waals surface area contributed by atoms with Gasteiger partial charge in [-0.25, -0.2) is 0 Å². The van der Waals surface area contributed by atoms with E-state index in [-0.39, 0.29) is 11.7 Å². The monoisotopic (exact) mass is 224 g/mol. The zero-order valence-electron chi connectivity index (χ0n) is 10.5. The van der Waals surface area contributed by atoms with Crippen LogP contribution in [0.1, 0.15) is 44.1 Å². The second-order valence-electron chi connectivity index (χ2n) is 3.96. The first-order valence-electron chi connectivity index (χ1n) is 5.79. The number of hydrogen-bond donors (Lipinski definition) is 0. The molecule has 0 bridgehead atoms. The summed E-state index contributed by atoms with van der Waals surface area (Å²) in [5.74, 6) is 0.713. The average molecular weight is 224 g/mol. The minimum absolute atomic E-state index is 0.0150. The van der Waals surface area contributed by atoms with Gasteiger partial charge in [0, 0.05) is 12.5 Å². The number of methoxy groups -OCH3 is 1. The molecule has 1 rings (SSSR count). The van der Waals surface area contributed by atoms with Crippen molar-refractivity contribution in [2.75, 3.05) is 7.11 Å². The molecule has 1 heterocycles. The third-order valence-corrected chi connectivity index (χ3v) is 2.75. The topological polar surface area (TPSA) is 44.1 Å². The Balaban J connectivity index is 3.07. The van der Waals surface area contributed by atoms with Gasteiger partial charge in [0.1, 0.15) is 5.69 Å². The van der Waals surface area contributed by atoms with Crippen molar-refractivity contribution in [3.63, 3.8) is 0 Å². The molecular formula is C12H20N2O2. The summed E-state index contributed by atoms with van der Waals surface area (Å²) in [6, 6.07) is 0. The van der Waals surface area contributed by atoms with Gasteiger partial charge in [0.25, 0.3) is 0 Å². The third-order valence-electron chi connectivity index (χ3n) is 2.75. The lowest BCUT2D eigenvalue weighted by molar-refractivity contribution is 0.0912. The molecule has 0 aromatic carbocycles. The molecule has 0 saturated carbocycles. The second-order valence-corrected chi connectivity index (χ2v) is 3.96. The highest BCUT2D eigenvalue weighted by Gasteiger charge is 2.22. The summed E-state index contributed by atoms with van der Waals surface area (Å²) in [4.78, 5) is 12.2. The van der Waals surface area contributed by atoms with Crippen LogP contribution in [0.2, 0.25) is 0 Å². The van der Waals surface area contributed by atoms with Gasteiger partial charge in [-0.3, -0.25) is 9.48 Å². The lowest BCUT2D eigenvalue weighted by Crippen LogP contribution is -2.17. The van der Waals surface area contributed by atoms with E-state index >= 15 is 0 Å². The van der Waals surface area contributed by atoms with Gasteiger partial charge in [-0.2, -0.15) is 5.10 Å².